The fraction of sp³-hybridized carbons (Fsp3) is 0.471. The molecule has 1 fully saturated rings. The lowest BCUT2D eigenvalue weighted by atomic mass is 9.95. The highest BCUT2D eigenvalue weighted by Crippen LogP contribution is 2.31. The zero-order valence-corrected chi connectivity index (χ0v) is 12.8. The second-order valence-electron chi connectivity index (χ2n) is 5.93. The molecule has 21 heavy (non-hydrogen) atoms. The average molecular weight is 288 g/mol. The predicted molar refractivity (Wildman–Crippen MR) is 83.2 cm³/mol. The second kappa shape index (κ2) is 5.60. The fourth-order valence-corrected chi connectivity index (χ4v) is 3.13. The van der Waals surface area contributed by atoms with Crippen molar-refractivity contribution in [3.05, 3.63) is 35.8 Å². The molecule has 0 radical (unpaired) electrons. The van der Waals surface area contributed by atoms with Gasteiger partial charge in [0.2, 0.25) is 0 Å². The molecule has 4 heteroatoms. The molecule has 0 amide bonds. The van der Waals surface area contributed by atoms with Crippen LogP contribution in [0.4, 0.5) is 10.1 Å². The van der Waals surface area contributed by atoms with Crippen molar-refractivity contribution in [1.82, 2.24) is 4.98 Å². The van der Waals surface area contributed by atoms with Crippen LogP contribution in [0.5, 0.6) is 0 Å². The highest BCUT2D eigenvalue weighted by atomic mass is 19.1. The number of aryl methyl sites for hydroxylation is 1. The van der Waals surface area contributed by atoms with Crippen LogP contribution >= 0.6 is 0 Å². The van der Waals surface area contributed by atoms with E-state index in [1.807, 2.05) is 13.0 Å². The Labute approximate surface area is 124 Å². The van der Waals surface area contributed by atoms with Gasteiger partial charge in [0.1, 0.15) is 5.82 Å². The van der Waals surface area contributed by atoms with Crippen molar-refractivity contribution in [1.29, 1.82) is 0 Å². The van der Waals surface area contributed by atoms with Crippen LogP contribution < -0.4 is 4.90 Å². The molecule has 3 nitrogen and oxygen atoms in total. The van der Waals surface area contributed by atoms with E-state index in [2.05, 4.69) is 16.8 Å². The third-order valence-corrected chi connectivity index (χ3v) is 4.41. The van der Waals surface area contributed by atoms with Crippen LogP contribution in [0.25, 0.3) is 10.9 Å². The summed E-state index contributed by atoms with van der Waals surface area (Å²) in [4.78, 5) is 6.80. The van der Waals surface area contributed by atoms with Gasteiger partial charge in [-0.2, -0.15) is 0 Å². The lowest BCUT2D eigenvalue weighted by Crippen LogP contribution is -2.44. The van der Waals surface area contributed by atoms with E-state index in [0.29, 0.717) is 5.92 Å². The van der Waals surface area contributed by atoms with Crippen LogP contribution in [0.3, 0.4) is 0 Å². The maximum absolute atomic E-state index is 13.6. The summed E-state index contributed by atoms with van der Waals surface area (Å²) in [7, 11) is 1.76. The number of ether oxygens (including phenoxy) is 1. The molecule has 1 aliphatic heterocycles. The molecule has 2 aromatic rings. The van der Waals surface area contributed by atoms with Crippen LogP contribution in [0.1, 0.15) is 19.0 Å². The highest BCUT2D eigenvalue weighted by molar-refractivity contribution is 5.92. The number of pyridine rings is 1. The van der Waals surface area contributed by atoms with Gasteiger partial charge in [-0.15, -0.1) is 0 Å². The van der Waals surface area contributed by atoms with Crippen molar-refractivity contribution in [3.8, 4) is 0 Å². The van der Waals surface area contributed by atoms with Gasteiger partial charge in [-0.05, 0) is 43.5 Å². The lowest BCUT2D eigenvalue weighted by molar-refractivity contribution is 0.0499. The van der Waals surface area contributed by atoms with E-state index in [0.717, 1.165) is 41.8 Å². The number of anilines is 1. The summed E-state index contributed by atoms with van der Waals surface area (Å²) < 4.78 is 19.2. The zero-order chi connectivity index (χ0) is 15.0. The fourth-order valence-electron chi connectivity index (χ4n) is 3.13. The van der Waals surface area contributed by atoms with E-state index in [1.54, 1.807) is 19.2 Å². The van der Waals surface area contributed by atoms with Gasteiger partial charge < -0.3 is 9.64 Å². The molecular weight excluding hydrogens is 267 g/mol. The lowest BCUT2D eigenvalue weighted by Gasteiger charge is -2.38. The predicted octanol–water partition coefficient (Wildman–Crippen LogP) is 3.54. The first kappa shape index (κ1) is 14.3. The second-order valence-corrected chi connectivity index (χ2v) is 5.93. The van der Waals surface area contributed by atoms with E-state index >= 15 is 0 Å². The standard InChI is InChI=1S/C17H21FN2O/c1-11-6-7-20(10-17(11)21-3)16-8-12(2)19-15-5-4-13(18)9-14(15)16/h4-5,8-9,11,17H,6-7,10H2,1-3H3. The summed E-state index contributed by atoms with van der Waals surface area (Å²) in [5.41, 5.74) is 2.86. The summed E-state index contributed by atoms with van der Waals surface area (Å²) in [6.07, 6.45) is 1.30. The summed E-state index contributed by atoms with van der Waals surface area (Å²) in [5.74, 6) is 0.334. The molecule has 1 aromatic carbocycles. The minimum atomic E-state index is -0.219. The molecule has 0 saturated carbocycles. The first-order valence-corrected chi connectivity index (χ1v) is 7.43. The number of piperidine rings is 1. The van der Waals surface area contributed by atoms with E-state index in [4.69, 9.17) is 4.74 Å². The minimum absolute atomic E-state index is 0.218. The molecule has 3 rings (SSSR count). The number of hydrogen-bond acceptors (Lipinski definition) is 3. The number of benzene rings is 1. The molecule has 2 atom stereocenters. The summed E-state index contributed by atoms with van der Waals surface area (Å²) >= 11 is 0. The van der Waals surface area contributed by atoms with Gasteiger partial charge in [0.25, 0.3) is 0 Å². The maximum Gasteiger partial charge on any atom is 0.124 e. The zero-order valence-electron chi connectivity index (χ0n) is 12.8. The molecule has 0 spiro atoms. The molecule has 2 heterocycles. The number of hydrogen-bond donors (Lipinski definition) is 0. The third kappa shape index (κ3) is 2.72. The number of fused-ring (bicyclic) bond motifs is 1. The Hall–Kier alpha value is -1.68. The molecular formula is C17H21FN2O. The van der Waals surface area contributed by atoms with Crippen LogP contribution in [0.15, 0.2) is 24.3 Å². The number of halogens is 1. The van der Waals surface area contributed by atoms with Crippen LogP contribution in [-0.4, -0.2) is 31.3 Å². The Balaban J connectivity index is 2.05. The molecule has 0 bridgehead atoms. The first-order valence-electron chi connectivity index (χ1n) is 7.43. The summed E-state index contributed by atoms with van der Waals surface area (Å²) in [6, 6.07) is 6.85. The topological polar surface area (TPSA) is 25.4 Å². The molecule has 0 aliphatic carbocycles. The number of methoxy groups -OCH3 is 1. The Morgan fingerprint density at radius 2 is 2.14 bits per heavy atom. The normalized spacial score (nSPS) is 22.8. The van der Waals surface area contributed by atoms with Gasteiger partial charge in [-0.1, -0.05) is 6.92 Å². The highest BCUT2D eigenvalue weighted by Gasteiger charge is 2.27. The van der Waals surface area contributed by atoms with E-state index in [-0.39, 0.29) is 11.9 Å². The van der Waals surface area contributed by atoms with Crippen LogP contribution in [0, 0.1) is 18.7 Å². The monoisotopic (exact) mass is 288 g/mol. The Kier molecular flexibility index (Phi) is 3.81. The van der Waals surface area contributed by atoms with Crippen LogP contribution in [-0.2, 0) is 4.74 Å². The van der Waals surface area contributed by atoms with E-state index in [1.165, 1.54) is 6.07 Å². The SMILES string of the molecule is COC1CN(c2cc(C)nc3ccc(F)cc23)CCC1C. The third-order valence-electron chi connectivity index (χ3n) is 4.41. The smallest absolute Gasteiger partial charge is 0.124 e. The van der Waals surface area contributed by atoms with Gasteiger partial charge in [0.15, 0.2) is 0 Å². The van der Waals surface area contributed by atoms with Crippen molar-refractivity contribution in [2.24, 2.45) is 5.92 Å². The molecule has 1 aliphatic rings. The molecule has 0 N–H and O–H groups in total. The Morgan fingerprint density at radius 3 is 2.90 bits per heavy atom. The number of rotatable bonds is 2. The molecule has 1 aromatic heterocycles. The van der Waals surface area contributed by atoms with Gasteiger partial charge in [0.05, 0.1) is 11.6 Å². The Morgan fingerprint density at radius 1 is 1.33 bits per heavy atom. The molecule has 112 valence electrons. The number of nitrogens with zero attached hydrogens (tertiary/aromatic N) is 2. The van der Waals surface area contributed by atoms with E-state index in [9.17, 15) is 4.39 Å². The van der Waals surface area contributed by atoms with Crippen molar-refractivity contribution in [2.45, 2.75) is 26.4 Å². The Bertz CT molecular complexity index is 659. The minimum Gasteiger partial charge on any atom is -0.379 e. The maximum atomic E-state index is 13.6. The van der Waals surface area contributed by atoms with Gasteiger partial charge in [0, 0.05) is 37.0 Å². The number of aromatic nitrogens is 1. The largest absolute Gasteiger partial charge is 0.379 e. The van der Waals surface area contributed by atoms with Gasteiger partial charge in [-0.3, -0.25) is 4.98 Å². The quantitative estimate of drug-likeness (QED) is 0.845. The van der Waals surface area contributed by atoms with Gasteiger partial charge >= 0.3 is 0 Å². The van der Waals surface area contributed by atoms with Crippen molar-refractivity contribution >= 4 is 16.6 Å². The summed E-state index contributed by atoms with van der Waals surface area (Å²) in [5, 5.41) is 0.880. The first-order chi connectivity index (χ1) is 10.1. The molecule has 1 saturated heterocycles. The van der Waals surface area contributed by atoms with Crippen LogP contribution in [0.2, 0.25) is 0 Å². The summed E-state index contributed by atoms with van der Waals surface area (Å²) in [6.45, 7) is 6.01. The van der Waals surface area contributed by atoms with Crippen molar-refractivity contribution < 1.29 is 9.13 Å². The van der Waals surface area contributed by atoms with Crippen molar-refractivity contribution in [2.75, 3.05) is 25.1 Å². The van der Waals surface area contributed by atoms with Crippen molar-refractivity contribution in [3.63, 3.8) is 0 Å². The molecule has 2 unspecified atom stereocenters. The van der Waals surface area contributed by atoms with E-state index < -0.39 is 0 Å². The average Bonchev–Trinajstić information content (AvgIpc) is 2.47. The van der Waals surface area contributed by atoms with Gasteiger partial charge in [-0.25, -0.2) is 4.39 Å².